The Kier molecular flexibility index (Phi) is 4.75. The van der Waals surface area contributed by atoms with Crippen molar-refractivity contribution >= 4 is 0 Å². The second-order valence-corrected chi connectivity index (χ2v) is 4.32. The van der Waals surface area contributed by atoms with Crippen molar-refractivity contribution in [2.45, 2.75) is 53.1 Å². The number of hydrogen-bond donors (Lipinski definition) is 1. The summed E-state index contributed by atoms with van der Waals surface area (Å²) in [6.07, 6.45) is 3.26. The smallest absolute Gasteiger partial charge is 0.146 e. The topological polar surface area (TPSA) is 56.7 Å². The van der Waals surface area contributed by atoms with Gasteiger partial charge in [-0.05, 0) is 18.8 Å². The van der Waals surface area contributed by atoms with Crippen molar-refractivity contribution < 1.29 is 0 Å². The van der Waals surface area contributed by atoms with Crippen molar-refractivity contribution in [3.8, 4) is 0 Å². The Bertz CT molecular complexity index is 291. The number of hydrogen-bond acceptors (Lipinski definition) is 3. The summed E-state index contributed by atoms with van der Waals surface area (Å²) in [5, 5.41) is 8.33. The third-order valence-corrected chi connectivity index (χ3v) is 2.48. The van der Waals surface area contributed by atoms with Crippen LogP contribution in [0.3, 0.4) is 0 Å². The molecule has 0 amide bonds. The van der Waals surface area contributed by atoms with Gasteiger partial charge in [0.2, 0.25) is 0 Å². The van der Waals surface area contributed by atoms with Crippen LogP contribution < -0.4 is 5.73 Å². The maximum atomic E-state index is 5.63. The first-order chi connectivity index (χ1) is 7.19. The van der Waals surface area contributed by atoms with Crippen LogP contribution in [0.1, 0.15) is 45.3 Å². The summed E-state index contributed by atoms with van der Waals surface area (Å²) in [5.74, 6) is 2.71. The van der Waals surface area contributed by atoms with Crippen molar-refractivity contribution in [1.29, 1.82) is 0 Å². The number of nitrogens with two attached hydrogens (primary N) is 1. The van der Waals surface area contributed by atoms with Gasteiger partial charge in [0.25, 0.3) is 0 Å². The SMILES string of the molecule is CCCn1c(CN)nnc1CCC(C)C. The summed E-state index contributed by atoms with van der Waals surface area (Å²) in [6, 6.07) is 0. The van der Waals surface area contributed by atoms with Gasteiger partial charge >= 0.3 is 0 Å². The van der Waals surface area contributed by atoms with Gasteiger partial charge in [0.05, 0.1) is 6.54 Å². The van der Waals surface area contributed by atoms with Crippen LogP contribution in [0.5, 0.6) is 0 Å². The number of aryl methyl sites for hydroxylation is 1. The van der Waals surface area contributed by atoms with E-state index in [1.807, 2.05) is 0 Å². The van der Waals surface area contributed by atoms with Gasteiger partial charge in [-0.3, -0.25) is 0 Å². The highest BCUT2D eigenvalue weighted by molar-refractivity contribution is 4.96. The molecule has 0 radical (unpaired) electrons. The molecule has 0 spiro atoms. The molecule has 15 heavy (non-hydrogen) atoms. The molecule has 0 aliphatic carbocycles. The van der Waals surface area contributed by atoms with Gasteiger partial charge in [0.15, 0.2) is 0 Å². The lowest BCUT2D eigenvalue weighted by Crippen LogP contribution is -2.11. The van der Waals surface area contributed by atoms with Crippen LogP contribution in [0, 0.1) is 5.92 Å². The minimum Gasteiger partial charge on any atom is -0.324 e. The predicted octanol–water partition coefficient (Wildman–Crippen LogP) is 1.74. The molecular formula is C11H22N4. The van der Waals surface area contributed by atoms with E-state index in [0.717, 1.165) is 37.5 Å². The molecule has 0 fully saturated rings. The number of aromatic nitrogens is 3. The Balaban J connectivity index is 2.72. The zero-order chi connectivity index (χ0) is 11.3. The highest BCUT2D eigenvalue weighted by Gasteiger charge is 2.10. The maximum Gasteiger partial charge on any atom is 0.146 e. The van der Waals surface area contributed by atoms with Crippen molar-refractivity contribution in [2.24, 2.45) is 11.7 Å². The average Bonchev–Trinajstić information content (AvgIpc) is 2.58. The number of rotatable bonds is 6. The van der Waals surface area contributed by atoms with Gasteiger partial charge in [-0.15, -0.1) is 10.2 Å². The summed E-state index contributed by atoms with van der Waals surface area (Å²) in [4.78, 5) is 0. The van der Waals surface area contributed by atoms with Crippen LogP contribution in [0.4, 0.5) is 0 Å². The molecule has 1 heterocycles. The Morgan fingerprint density at radius 2 is 1.93 bits per heavy atom. The molecule has 0 aliphatic heterocycles. The molecule has 1 aromatic heterocycles. The quantitative estimate of drug-likeness (QED) is 0.778. The normalized spacial score (nSPS) is 11.3. The molecule has 0 aromatic carbocycles. The number of nitrogens with zero attached hydrogens (tertiary/aromatic N) is 3. The summed E-state index contributed by atoms with van der Waals surface area (Å²) < 4.78 is 2.17. The van der Waals surface area contributed by atoms with Gasteiger partial charge < -0.3 is 10.3 Å². The van der Waals surface area contributed by atoms with E-state index in [2.05, 4.69) is 35.5 Å². The standard InChI is InChI=1S/C11H22N4/c1-4-7-15-10(6-5-9(2)3)13-14-11(15)8-12/h9H,4-8,12H2,1-3H3. The molecule has 0 bridgehead atoms. The molecule has 0 unspecified atom stereocenters. The molecule has 1 aromatic rings. The zero-order valence-electron chi connectivity index (χ0n) is 10.0. The summed E-state index contributed by atoms with van der Waals surface area (Å²) in [7, 11) is 0. The van der Waals surface area contributed by atoms with Crippen molar-refractivity contribution in [3.63, 3.8) is 0 Å². The predicted molar refractivity (Wildman–Crippen MR) is 61.4 cm³/mol. The van der Waals surface area contributed by atoms with Gasteiger partial charge in [0.1, 0.15) is 11.6 Å². The molecule has 1 rings (SSSR count). The van der Waals surface area contributed by atoms with Gasteiger partial charge in [-0.1, -0.05) is 20.8 Å². The van der Waals surface area contributed by atoms with E-state index in [0.29, 0.717) is 12.5 Å². The zero-order valence-corrected chi connectivity index (χ0v) is 10.0. The summed E-state index contributed by atoms with van der Waals surface area (Å²) in [5.41, 5.74) is 5.63. The average molecular weight is 210 g/mol. The summed E-state index contributed by atoms with van der Waals surface area (Å²) in [6.45, 7) is 8.07. The van der Waals surface area contributed by atoms with Crippen LogP contribution in [0.15, 0.2) is 0 Å². The molecule has 4 heteroatoms. The van der Waals surface area contributed by atoms with Gasteiger partial charge in [-0.2, -0.15) is 0 Å². The lowest BCUT2D eigenvalue weighted by molar-refractivity contribution is 0.542. The largest absolute Gasteiger partial charge is 0.324 e. The third kappa shape index (κ3) is 3.30. The van der Waals surface area contributed by atoms with E-state index < -0.39 is 0 Å². The fraction of sp³-hybridized carbons (Fsp3) is 0.818. The molecule has 0 saturated heterocycles. The van der Waals surface area contributed by atoms with E-state index >= 15 is 0 Å². The molecule has 86 valence electrons. The monoisotopic (exact) mass is 210 g/mol. The van der Waals surface area contributed by atoms with Crippen LogP contribution >= 0.6 is 0 Å². The fourth-order valence-corrected chi connectivity index (χ4v) is 1.61. The van der Waals surface area contributed by atoms with E-state index in [9.17, 15) is 0 Å². The van der Waals surface area contributed by atoms with E-state index in [-0.39, 0.29) is 0 Å². The minimum absolute atomic E-state index is 0.481. The molecule has 0 atom stereocenters. The second kappa shape index (κ2) is 5.85. The van der Waals surface area contributed by atoms with Gasteiger partial charge in [0, 0.05) is 13.0 Å². The first kappa shape index (κ1) is 12.2. The Labute approximate surface area is 91.9 Å². The lowest BCUT2D eigenvalue weighted by Gasteiger charge is -2.08. The second-order valence-electron chi connectivity index (χ2n) is 4.32. The molecule has 0 saturated carbocycles. The Morgan fingerprint density at radius 3 is 2.47 bits per heavy atom. The molecule has 2 N–H and O–H groups in total. The maximum absolute atomic E-state index is 5.63. The van der Waals surface area contributed by atoms with Gasteiger partial charge in [-0.25, -0.2) is 0 Å². The minimum atomic E-state index is 0.481. The highest BCUT2D eigenvalue weighted by atomic mass is 15.3. The van der Waals surface area contributed by atoms with Crippen LogP contribution in [-0.2, 0) is 19.5 Å². The van der Waals surface area contributed by atoms with E-state index in [1.54, 1.807) is 0 Å². The van der Waals surface area contributed by atoms with E-state index in [4.69, 9.17) is 5.73 Å². The molecule has 0 aliphatic rings. The Hall–Kier alpha value is -0.900. The third-order valence-electron chi connectivity index (χ3n) is 2.48. The van der Waals surface area contributed by atoms with Crippen molar-refractivity contribution in [2.75, 3.05) is 0 Å². The van der Waals surface area contributed by atoms with Crippen molar-refractivity contribution in [3.05, 3.63) is 11.6 Å². The van der Waals surface area contributed by atoms with E-state index in [1.165, 1.54) is 0 Å². The first-order valence-electron chi connectivity index (χ1n) is 5.80. The van der Waals surface area contributed by atoms with Crippen LogP contribution in [0.25, 0.3) is 0 Å². The van der Waals surface area contributed by atoms with Crippen LogP contribution in [-0.4, -0.2) is 14.8 Å². The molecule has 4 nitrogen and oxygen atoms in total. The summed E-state index contributed by atoms with van der Waals surface area (Å²) >= 11 is 0. The molecular weight excluding hydrogens is 188 g/mol. The van der Waals surface area contributed by atoms with Crippen LogP contribution in [0.2, 0.25) is 0 Å². The lowest BCUT2D eigenvalue weighted by atomic mass is 10.1. The first-order valence-corrected chi connectivity index (χ1v) is 5.80. The van der Waals surface area contributed by atoms with Crippen molar-refractivity contribution in [1.82, 2.24) is 14.8 Å². The highest BCUT2D eigenvalue weighted by Crippen LogP contribution is 2.09. The Morgan fingerprint density at radius 1 is 1.27 bits per heavy atom. The fourth-order valence-electron chi connectivity index (χ4n) is 1.61.